The molecule has 0 aliphatic rings. The number of rotatable bonds is 7. The van der Waals surface area contributed by atoms with Crippen molar-refractivity contribution in [1.29, 1.82) is 0 Å². The van der Waals surface area contributed by atoms with Crippen LogP contribution in [0.4, 0.5) is 5.69 Å². The lowest BCUT2D eigenvalue weighted by atomic mass is 10.2. The molecule has 0 bridgehead atoms. The van der Waals surface area contributed by atoms with Gasteiger partial charge in [-0.3, -0.25) is 10.1 Å². The first-order chi connectivity index (χ1) is 10.0. The highest BCUT2D eigenvalue weighted by Crippen LogP contribution is 2.12. The first-order valence-electron chi connectivity index (χ1n) is 6.53. The number of hydrogen-bond acceptors (Lipinski definition) is 3. The minimum absolute atomic E-state index is 0. The molecule has 6 nitrogen and oxygen atoms in total. The van der Waals surface area contributed by atoms with E-state index in [2.05, 4.69) is 28.8 Å². The Kier molecular flexibility index (Phi) is 9.84. The largest absolute Gasteiger partial charge is 0.353 e. The fourth-order valence-corrected chi connectivity index (χ4v) is 1.47. The molecule has 1 aromatic carbocycles. The topological polar surface area (TPSA) is 79.6 Å². The zero-order valence-corrected chi connectivity index (χ0v) is 14.9. The molecule has 1 rings (SSSR count). The molecule has 0 amide bonds. The number of nitro benzene ring substituents is 1. The second-order valence-electron chi connectivity index (χ2n) is 4.57. The third kappa shape index (κ3) is 7.77. The maximum absolute atomic E-state index is 10.6. The SMILES string of the molecule is C=CCNC(=NCc1ccc([N+](=O)[O-])cc1)NCC(=C)C.I. The first-order valence-corrected chi connectivity index (χ1v) is 6.53. The summed E-state index contributed by atoms with van der Waals surface area (Å²) >= 11 is 0. The number of nitrogens with one attached hydrogen (secondary N) is 2. The number of aliphatic imine (C=N–C) groups is 1. The van der Waals surface area contributed by atoms with E-state index in [1.54, 1.807) is 18.2 Å². The molecule has 2 N–H and O–H groups in total. The van der Waals surface area contributed by atoms with E-state index in [4.69, 9.17) is 0 Å². The molecule has 0 heterocycles. The predicted molar refractivity (Wildman–Crippen MR) is 101 cm³/mol. The van der Waals surface area contributed by atoms with E-state index in [9.17, 15) is 10.1 Å². The number of halogens is 1. The maximum Gasteiger partial charge on any atom is 0.269 e. The molecule has 0 aromatic heterocycles. The number of benzene rings is 1. The number of hydrogen-bond donors (Lipinski definition) is 2. The van der Waals surface area contributed by atoms with Gasteiger partial charge in [-0.2, -0.15) is 0 Å². The number of non-ortho nitro benzene ring substituents is 1. The smallest absolute Gasteiger partial charge is 0.269 e. The van der Waals surface area contributed by atoms with Crippen molar-refractivity contribution in [2.24, 2.45) is 4.99 Å². The molecule has 0 aliphatic carbocycles. The molecule has 0 radical (unpaired) electrons. The van der Waals surface area contributed by atoms with E-state index in [-0.39, 0.29) is 29.7 Å². The van der Waals surface area contributed by atoms with Gasteiger partial charge in [-0.25, -0.2) is 4.99 Å². The van der Waals surface area contributed by atoms with Crippen molar-refractivity contribution in [3.8, 4) is 0 Å². The van der Waals surface area contributed by atoms with E-state index >= 15 is 0 Å². The molecule has 7 heteroatoms. The van der Waals surface area contributed by atoms with Crippen LogP contribution in [0.5, 0.6) is 0 Å². The molecule has 1 aromatic rings. The van der Waals surface area contributed by atoms with E-state index in [1.807, 2.05) is 6.92 Å². The van der Waals surface area contributed by atoms with Gasteiger partial charge in [0.1, 0.15) is 0 Å². The highest BCUT2D eigenvalue weighted by atomic mass is 127. The van der Waals surface area contributed by atoms with Gasteiger partial charge in [0.15, 0.2) is 5.96 Å². The average molecular weight is 416 g/mol. The van der Waals surface area contributed by atoms with Crippen LogP contribution in [-0.4, -0.2) is 24.0 Å². The Morgan fingerprint density at radius 3 is 2.50 bits per heavy atom. The van der Waals surface area contributed by atoms with Crippen LogP contribution < -0.4 is 10.6 Å². The molecule has 22 heavy (non-hydrogen) atoms. The molecule has 0 unspecified atom stereocenters. The van der Waals surface area contributed by atoms with Crippen LogP contribution in [-0.2, 0) is 6.54 Å². The maximum atomic E-state index is 10.6. The minimum atomic E-state index is -0.418. The number of guanidine groups is 1. The summed E-state index contributed by atoms with van der Waals surface area (Å²) in [6.07, 6.45) is 1.74. The Balaban J connectivity index is 0.00000441. The monoisotopic (exact) mass is 416 g/mol. The zero-order valence-electron chi connectivity index (χ0n) is 12.5. The fourth-order valence-electron chi connectivity index (χ4n) is 1.47. The van der Waals surface area contributed by atoms with Crippen LogP contribution in [0.1, 0.15) is 12.5 Å². The van der Waals surface area contributed by atoms with Crippen molar-refractivity contribution in [1.82, 2.24) is 10.6 Å². The van der Waals surface area contributed by atoms with E-state index in [1.165, 1.54) is 12.1 Å². The standard InChI is InChI=1S/C15H20N4O2.HI/c1-4-9-16-15(17-10-12(2)3)18-11-13-5-7-14(8-6-13)19(20)21;/h4-8H,1-2,9-11H2,3H3,(H2,16,17,18);1H. The molecule has 0 saturated carbocycles. The first kappa shape index (κ1) is 20.1. The van der Waals surface area contributed by atoms with Crippen molar-refractivity contribution >= 4 is 35.6 Å². The number of nitro groups is 1. The minimum Gasteiger partial charge on any atom is -0.353 e. The highest BCUT2D eigenvalue weighted by Gasteiger charge is 2.03. The summed E-state index contributed by atoms with van der Waals surface area (Å²) in [6, 6.07) is 6.35. The van der Waals surface area contributed by atoms with Gasteiger partial charge in [0.25, 0.3) is 5.69 Å². The Hall–Kier alpha value is -1.90. The van der Waals surface area contributed by atoms with Crippen LogP contribution >= 0.6 is 24.0 Å². The van der Waals surface area contributed by atoms with Gasteiger partial charge in [0, 0.05) is 25.2 Å². The van der Waals surface area contributed by atoms with Crippen molar-refractivity contribution in [2.45, 2.75) is 13.5 Å². The average Bonchev–Trinajstić information content (AvgIpc) is 2.46. The van der Waals surface area contributed by atoms with Gasteiger partial charge < -0.3 is 10.6 Å². The van der Waals surface area contributed by atoms with E-state index in [0.717, 1.165) is 11.1 Å². The molecule has 0 fully saturated rings. The van der Waals surface area contributed by atoms with Crippen LogP contribution in [0, 0.1) is 10.1 Å². The van der Waals surface area contributed by atoms with E-state index in [0.29, 0.717) is 25.6 Å². The summed E-state index contributed by atoms with van der Waals surface area (Å²) in [5.74, 6) is 0.649. The molecule has 120 valence electrons. The molecule has 0 spiro atoms. The molecular weight excluding hydrogens is 395 g/mol. The van der Waals surface area contributed by atoms with Crippen LogP contribution in [0.15, 0.2) is 54.1 Å². The summed E-state index contributed by atoms with van der Waals surface area (Å²) in [5, 5.41) is 16.8. The van der Waals surface area contributed by atoms with Crippen molar-refractivity contribution in [2.75, 3.05) is 13.1 Å². The molecule has 0 aliphatic heterocycles. The van der Waals surface area contributed by atoms with Crippen molar-refractivity contribution in [3.05, 3.63) is 64.8 Å². The Morgan fingerprint density at radius 2 is 2.00 bits per heavy atom. The van der Waals surface area contributed by atoms with Gasteiger partial charge in [0.2, 0.25) is 0 Å². The van der Waals surface area contributed by atoms with Gasteiger partial charge in [0.05, 0.1) is 11.5 Å². The van der Waals surface area contributed by atoms with Crippen LogP contribution in [0.3, 0.4) is 0 Å². The molecule has 0 saturated heterocycles. The van der Waals surface area contributed by atoms with Crippen LogP contribution in [0.2, 0.25) is 0 Å². The summed E-state index contributed by atoms with van der Waals surface area (Å²) in [5.41, 5.74) is 1.97. The lowest BCUT2D eigenvalue weighted by Gasteiger charge is -2.11. The normalized spacial score (nSPS) is 10.3. The fraction of sp³-hybridized carbons (Fsp3) is 0.267. The summed E-state index contributed by atoms with van der Waals surface area (Å²) in [4.78, 5) is 14.6. The van der Waals surface area contributed by atoms with Gasteiger partial charge in [-0.15, -0.1) is 30.6 Å². The predicted octanol–water partition coefficient (Wildman–Crippen LogP) is 3.01. The Morgan fingerprint density at radius 1 is 1.36 bits per heavy atom. The lowest BCUT2D eigenvalue weighted by Crippen LogP contribution is -2.38. The zero-order chi connectivity index (χ0) is 15.7. The second kappa shape index (κ2) is 10.8. The number of nitrogens with zero attached hydrogens (tertiary/aromatic N) is 2. The summed E-state index contributed by atoms with van der Waals surface area (Å²) < 4.78 is 0. The highest BCUT2D eigenvalue weighted by molar-refractivity contribution is 14.0. The van der Waals surface area contributed by atoms with Gasteiger partial charge in [-0.1, -0.05) is 30.4 Å². The quantitative estimate of drug-likeness (QED) is 0.179. The molecule has 0 atom stereocenters. The second-order valence-corrected chi connectivity index (χ2v) is 4.57. The summed E-state index contributed by atoms with van der Waals surface area (Å²) in [6.45, 7) is 11.1. The summed E-state index contributed by atoms with van der Waals surface area (Å²) in [7, 11) is 0. The Bertz CT molecular complexity index is 541. The third-order valence-corrected chi connectivity index (χ3v) is 2.54. The van der Waals surface area contributed by atoms with E-state index < -0.39 is 4.92 Å². The van der Waals surface area contributed by atoms with Gasteiger partial charge in [-0.05, 0) is 12.5 Å². The third-order valence-electron chi connectivity index (χ3n) is 2.54. The van der Waals surface area contributed by atoms with Crippen LogP contribution in [0.25, 0.3) is 0 Å². The van der Waals surface area contributed by atoms with Crippen molar-refractivity contribution in [3.63, 3.8) is 0 Å². The molecular formula is C15H21IN4O2. The Labute approximate surface area is 147 Å². The van der Waals surface area contributed by atoms with Crippen molar-refractivity contribution < 1.29 is 4.92 Å². The van der Waals surface area contributed by atoms with Gasteiger partial charge >= 0.3 is 0 Å². The lowest BCUT2D eigenvalue weighted by molar-refractivity contribution is -0.384.